The van der Waals surface area contributed by atoms with E-state index in [0.717, 1.165) is 11.3 Å². The van der Waals surface area contributed by atoms with Crippen molar-refractivity contribution in [2.75, 3.05) is 5.75 Å². The van der Waals surface area contributed by atoms with E-state index in [1.54, 1.807) is 16.8 Å². The molecule has 1 heterocycles. The standard InChI is InChI=1S/C19H20ClN5OS/c1-13(2)15-5-9-17(10-6-15)25-19(22-23-24-25)27-12-18(26)21-11-14-3-7-16(20)8-4-14/h3-10,13H,11-12H2,1-2H3,(H,21,26). The van der Waals surface area contributed by atoms with Crippen LogP contribution in [0.4, 0.5) is 0 Å². The van der Waals surface area contributed by atoms with Gasteiger partial charge in [-0.05, 0) is 51.7 Å². The van der Waals surface area contributed by atoms with Gasteiger partial charge in [-0.25, -0.2) is 0 Å². The summed E-state index contributed by atoms with van der Waals surface area (Å²) < 4.78 is 1.64. The molecular formula is C19H20ClN5OS. The smallest absolute Gasteiger partial charge is 0.230 e. The van der Waals surface area contributed by atoms with Gasteiger partial charge in [-0.15, -0.1) is 5.10 Å². The molecule has 0 saturated carbocycles. The van der Waals surface area contributed by atoms with Crippen LogP contribution in [0.25, 0.3) is 5.69 Å². The van der Waals surface area contributed by atoms with E-state index in [1.807, 2.05) is 24.3 Å². The third-order valence-corrected chi connectivity index (χ3v) is 5.15. The molecule has 2 aromatic carbocycles. The summed E-state index contributed by atoms with van der Waals surface area (Å²) in [7, 11) is 0. The van der Waals surface area contributed by atoms with Crippen LogP contribution in [0.2, 0.25) is 5.02 Å². The Morgan fingerprint density at radius 2 is 1.85 bits per heavy atom. The Labute approximate surface area is 167 Å². The minimum atomic E-state index is -0.0837. The second kappa shape index (κ2) is 9.01. The number of benzene rings is 2. The number of amides is 1. The summed E-state index contributed by atoms with van der Waals surface area (Å²) in [5.41, 5.74) is 3.11. The molecule has 0 atom stereocenters. The third-order valence-electron chi connectivity index (χ3n) is 3.98. The number of thioether (sulfide) groups is 1. The highest BCUT2D eigenvalue weighted by Gasteiger charge is 2.12. The van der Waals surface area contributed by atoms with E-state index in [9.17, 15) is 4.79 Å². The number of rotatable bonds is 7. The number of halogens is 1. The maximum atomic E-state index is 12.1. The number of carbonyl (C=O) groups is 1. The highest BCUT2D eigenvalue weighted by Crippen LogP contribution is 2.20. The van der Waals surface area contributed by atoms with Gasteiger partial charge in [0.25, 0.3) is 0 Å². The normalized spacial score (nSPS) is 11.0. The third kappa shape index (κ3) is 5.30. The first kappa shape index (κ1) is 19.4. The molecule has 0 saturated heterocycles. The van der Waals surface area contributed by atoms with Gasteiger partial charge in [0.15, 0.2) is 0 Å². The molecular weight excluding hydrogens is 382 g/mol. The molecule has 0 aliphatic carbocycles. The summed E-state index contributed by atoms with van der Waals surface area (Å²) in [5.74, 6) is 0.614. The molecule has 3 aromatic rings. The highest BCUT2D eigenvalue weighted by atomic mass is 35.5. The van der Waals surface area contributed by atoms with Crippen LogP contribution >= 0.6 is 23.4 Å². The summed E-state index contributed by atoms with van der Waals surface area (Å²) in [6, 6.07) is 15.5. The lowest BCUT2D eigenvalue weighted by Crippen LogP contribution is -2.24. The molecule has 0 aliphatic rings. The molecule has 6 nitrogen and oxygen atoms in total. The monoisotopic (exact) mass is 401 g/mol. The van der Waals surface area contributed by atoms with Crippen molar-refractivity contribution in [3.8, 4) is 5.69 Å². The summed E-state index contributed by atoms with van der Waals surface area (Å²) >= 11 is 7.16. The number of hydrogen-bond donors (Lipinski definition) is 1. The van der Waals surface area contributed by atoms with Gasteiger partial charge in [0.2, 0.25) is 11.1 Å². The number of nitrogens with zero attached hydrogens (tertiary/aromatic N) is 4. The van der Waals surface area contributed by atoms with Gasteiger partial charge in [-0.3, -0.25) is 4.79 Å². The van der Waals surface area contributed by atoms with E-state index >= 15 is 0 Å². The first-order valence-corrected chi connectivity index (χ1v) is 9.92. The summed E-state index contributed by atoms with van der Waals surface area (Å²) in [5, 5.41) is 15.9. The molecule has 0 bridgehead atoms. The maximum Gasteiger partial charge on any atom is 0.230 e. The lowest BCUT2D eigenvalue weighted by molar-refractivity contribution is -0.118. The Balaban J connectivity index is 1.56. The Kier molecular flexibility index (Phi) is 6.47. The van der Waals surface area contributed by atoms with Crippen molar-refractivity contribution in [2.45, 2.75) is 31.5 Å². The Hall–Kier alpha value is -2.38. The number of tetrazole rings is 1. The van der Waals surface area contributed by atoms with Gasteiger partial charge in [0.05, 0.1) is 11.4 Å². The van der Waals surface area contributed by atoms with Crippen molar-refractivity contribution in [1.29, 1.82) is 0 Å². The van der Waals surface area contributed by atoms with Crippen LogP contribution in [0.1, 0.15) is 30.9 Å². The number of aromatic nitrogens is 4. The van der Waals surface area contributed by atoms with E-state index in [-0.39, 0.29) is 11.7 Å². The van der Waals surface area contributed by atoms with E-state index in [2.05, 4.69) is 46.8 Å². The molecule has 1 amide bonds. The Bertz CT molecular complexity index is 893. The van der Waals surface area contributed by atoms with Crippen molar-refractivity contribution < 1.29 is 4.79 Å². The zero-order valence-corrected chi connectivity index (χ0v) is 16.7. The molecule has 0 radical (unpaired) electrons. The van der Waals surface area contributed by atoms with Gasteiger partial charge >= 0.3 is 0 Å². The van der Waals surface area contributed by atoms with Gasteiger partial charge in [-0.1, -0.05) is 61.5 Å². The largest absolute Gasteiger partial charge is 0.351 e. The van der Waals surface area contributed by atoms with Crippen molar-refractivity contribution >= 4 is 29.3 Å². The molecule has 0 aliphatic heterocycles. The first-order valence-electron chi connectivity index (χ1n) is 8.55. The van der Waals surface area contributed by atoms with E-state index in [1.165, 1.54) is 17.3 Å². The van der Waals surface area contributed by atoms with Crippen LogP contribution in [-0.2, 0) is 11.3 Å². The fourth-order valence-electron chi connectivity index (χ4n) is 2.42. The van der Waals surface area contributed by atoms with Crippen molar-refractivity contribution in [3.05, 3.63) is 64.7 Å². The Morgan fingerprint density at radius 1 is 1.15 bits per heavy atom. The average Bonchev–Trinajstić information content (AvgIpc) is 3.14. The molecule has 1 aromatic heterocycles. The number of carbonyl (C=O) groups excluding carboxylic acids is 1. The van der Waals surface area contributed by atoms with E-state index in [4.69, 9.17) is 11.6 Å². The highest BCUT2D eigenvalue weighted by molar-refractivity contribution is 7.99. The molecule has 0 unspecified atom stereocenters. The van der Waals surface area contributed by atoms with Crippen LogP contribution in [0, 0.1) is 0 Å². The lowest BCUT2D eigenvalue weighted by atomic mass is 10.0. The summed E-state index contributed by atoms with van der Waals surface area (Å²) in [6.07, 6.45) is 0. The van der Waals surface area contributed by atoms with Crippen molar-refractivity contribution in [1.82, 2.24) is 25.5 Å². The maximum absolute atomic E-state index is 12.1. The van der Waals surface area contributed by atoms with E-state index in [0.29, 0.717) is 22.6 Å². The fraction of sp³-hybridized carbons (Fsp3) is 0.263. The molecule has 0 spiro atoms. The molecule has 140 valence electrons. The lowest BCUT2D eigenvalue weighted by Gasteiger charge is -2.08. The summed E-state index contributed by atoms with van der Waals surface area (Å²) in [6.45, 7) is 4.75. The van der Waals surface area contributed by atoms with Crippen LogP contribution in [0.5, 0.6) is 0 Å². The van der Waals surface area contributed by atoms with Crippen LogP contribution in [-0.4, -0.2) is 31.9 Å². The molecule has 3 rings (SSSR count). The second-order valence-corrected chi connectivity index (χ2v) is 7.69. The zero-order chi connectivity index (χ0) is 19.2. The van der Waals surface area contributed by atoms with Crippen LogP contribution in [0.15, 0.2) is 53.7 Å². The van der Waals surface area contributed by atoms with Crippen LogP contribution in [0.3, 0.4) is 0 Å². The number of hydrogen-bond acceptors (Lipinski definition) is 5. The van der Waals surface area contributed by atoms with Gasteiger partial charge in [0.1, 0.15) is 0 Å². The molecule has 27 heavy (non-hydrogen) atoms. The minimum absolute atomic E-state index is 0.0837. The predicted octanol–water partition coefficient (Wildman–Crippen LogP) is 3.85. The molecule has 8 heteroatoms. The summed E-state index contributed by atoms with van der Waals surface area (Å²) in [4.78, 5) is 12.1. The zero-order valence-electron chi connectivity index (χ0n) is 15.1. The van der Waals surface area contributed by atoms with Gasteiger partial charge < -0.3 is 5.32 Å². The minimum Gasteiger partial charge on any atom is -0.351 e. The van der Waals surface area contributed by atoms with E-state index < -0.39 is 0 Å². The SMILES string of the molecule is CC(C)c1ccc(-n2nnnc2SCC(=O)NCc2ccc(Cl)cc2)cc1. The first-order chi connectivity index (χ1) is 13.0. The molecule has 0 fully saturated rings. The topological polar surface area (TPSA) is 72.7 Å². The van der Waals surface area contributed by atoms with Crippen molar-refractivity contribution in [2.24, 2.45) is 0 Å². The van der Waals surface area contributed by atoms with Gasteiger partial charge in [0, 0.05) is 11.6 Å². The predicted molar refractivity (Wildman–Crippen MR) is 107 cm³/mol. The molecule has 1 N–H and O–H groups in total. The quantitative estimate of drug-likeness (QED) is 0.609. The van der Waals surface area contributed by atoms with Crippen molar-refractivity contribution in [3.63, 3.8) is 0 Å². The van der Waals surface area contributed by atoms with Gasteiger partial charge in [-0.2, -0.15) is 4.68 Å². The van der Waals surface area contributed by atoms with Crippen LogP contribution < -0.4 is 5.32 Å². The second-order valence-electron chi connectivity index (χ2n) is 6.31. The fourth-order valence-corrected chi connectivity index (χ4v) is 3.26. The average molecular weight is 402 g/mol. The number of nitrogens with one attached hydrogen (secondary N) is 1. The Morgan fingerprint density at radius 3 is 2.52 bits per heavy atom.